The van der Waals surface area contributed by atoms with Crippen molar-refractivity contribution < 1.29 is 4.79 Å². The first kappa shape index (κ1) is 13.9. The second kappa shape index (κ2) is 7.20. The van der Waals surface area contributed by atoms with Crippen molar-refractivity contribution in [2.24, 2.45) is 0 Å². The fourth-order valence-electron chi connectivity index (χ4n) is 1.50. The van der Waals surface area contributed by atoms with Crippen molar-refractivity contribution in [1.29, 1.82) is 0 Å². The van der Waals surface area contributed by atoms with Gasteiger partial charge in [-0.2, -0.15) is 0 Å². The third-order valence-electron chi connectivity index (χ3n) is 2.43. The Balaban J connectivity index is 2.15. The van der Waals surface area contributed by atoms with E-state index in [2.05, 4.69) is 39.3 Å². The number of halogens is 1. The number of Topliss-reactive ketones (excluding diaryl/α,β-unsaturated/α-hetero) is 1. The van der Waals surface area contributed by atoms with E-state index in [4.69, 9.17) is 0 Å². The number of hydrogen-bond acceptors (Lipinski definition) is 3. The summed E-state index contributed by atoms with van der Waals surface area (Å²) in [6, 6.07) is 2.17. The molecule has 1 rings (SSSR count). The lowest BCUT2D eigenvalue weighted by Crippen LogP contribution is -2.22. The molecule has 0 bridgehead atoms. The SMILES string of the molecule is CC(=O)CCCN(C)CCc1cc(Br)cs1. The minimum absolute atomic E-state index is 0.288. The number of hydrogen-bond donors (Lipinski definition) is 0. The van der Waals surface area contributed by atoms with Crippen LogP contribution in [-0.4, -0.2) is 30.8 Å². The molecule has 1 aromatic heterocycles. The average Bonchev–Trinajstić information content (AvgIpc) is 2.61. The van der Waals surface area contributed by atoms with Gasteiger partial charge in [0.25, 0.3) is 0 Å². The Morgan fingerprint density at radius 1 is 1.50 bits per heavy atom. The molecule has 1 aromatic rings. The van der Waals surface area contributed by atoms with Gasteiger partial charge in [-0.1, -0.05) is 0 Å². The summed E-state index contributed by atoms with van der Waals surface area (Å²) in [5.41, 5.74) is 0. The fraction of sp³-hybridized carbons (Fsp3) is 0.583. The Kier molecular flexibility index (Phi) is 6.24. The number of carbonyl (C=O) groups excluding carboxylic acids is 1. The summed E-state index contributed by atoms with van der Waals surface area (Å²) in [7, 11) is 2.11. The van der Waals surface area contributed by atoms with Crippen LogP contribution in [0.1, 0.15) is 24.6 Å². The smallest absolute Gasteiger partial charge is 0.129 e. The molecular weight excluding hydrogens is 286 g/mol. The Bertz CT molecular complexity index is 338. The summed E-state index contributed by atoms with van der Waals surface area (Å²) < 4.78 is 1.17. The number of thiophene rings is 1. The molecule has 0 radical (unpaired) electrons. The Morgan fingerprint density at radius 3 is 2.81 bits per heavy atom. The lowest BCUT2D eigenvalue weighted by atomic mass is 10.2. The van der Waals surface area contributed by atoms with Gasteiger partial charge in [0.05, 0.1) is 0 Å². The van der Waals surface area contributed by atoms with E-state index in [1.165, 1.54) is 9.35 Å². The predicted molar refractivity (Wildman–Crippen MR) is 73.1 cm³/mol. The highest BCUT2D eigenvalue weighted by molar-refractivity contribution is 9.10. The summed E-state index contributed by atoms with van der Waals surface area (Å²) >= 11 is 5.25. The van der Waals surface area contributed by atoms with Crippen LogP contribution >= 0.6 is 27.3 Å². The van der Waals surface area contributed by atoms with Crippen LogP contribution in [0.5, 0.6) is 0 Å². The molecule has 0 aliphatic heterocycles. The van der Waals surface area contributed by atoms with Gasteiger partial charge in [0, 0.05) is 27.7 Å². The van der Waals surface area contributed by atoms with Crippen molar-refractivity contribution in [3.05, 3.63) is 20.8 Å². The molecule has 0 N–H and O–H groups in total. The Hall–Kier alpha value is -0.190. The lowest BCUT2D eigenvalue weighted by molar-refractivity contribution is -0.117. The zero-order valence-corrected chi connectivity index (χ0v) is 12.2. The maximum atomic E-state index is 10.8. The molecule has 90 valence electrons. The van der Waals surface area contributed by atoms with Crippen LogP contribution < -0.4 is 0 Å². The molecule has 0 spiro atoms. The van der Waals surface area contributed by atoms with Gasteiger partial charge in [-0.15, -0.1) is 11.3 Å². The monoisotopic (exact) mass is 303 g/mol. The van der Waals surface area contributed by atoms with Gasteiger partial charge in [0.1, 0.15) is 5.78 Å². The average molecular weight is 304 g/mol. The van der Waals surface area contributed by atoms with E-state index >= 15 is 0 Å². The highest BCUT2D eigenvalue weighted by Gasteiger charge is 2.02. The van der Waals surface area contributed by atoms with Gasteiger partial charge in [-0.05, 0) is 55.4 Å². The third kappa shape index (κ3) is 5.77. The van der Waals surface area contributed by atoms with Gasteiger partial charge in [-0.3, -0.25) is 0 Å². The first-order valence-corrected chi connectivity index (χ1v) is 7.16. The summed E-state index contributed by atoms with van der Waals surface area (Å²) in [6.45, 7) is 3.72. The highest BCUT2D eigenvalue weighted by atomic mass is 79.9. The van der Waals surface area contributed by atoms with Gasteiger partial charge >= 0.3 is 0 Å². The fourth-order valence-corrected chi connectivity index (χ4v) is 2.94. The third-order valence-corrected chi connectivity index (χ3v) is 4.19. The molecule has 0 saturated carbocycles. The first-order chi connectivity index (χ1) is 7.58. The summed E-state index contributed by atoms with van der Waals surface area (Å²) in [4.78, 5) is 14.5. The quantitative estimate of drug-likeness (QED) is 0.770. The Labute approximate surface area is 110 Å². The largest absolute Gasteiger partial charge is 0.306 e. The van der Waals surface area contributed by atoms with E-state index in [0.29, 0.717) is 6.42 Å². The second-order valence-electron chi connectivity index (χ2n) is 4.09. The lowest BCUT2D eigenvalue weighted by Gasteiger charge is -2.15. The maximum absolute atomic E-state index is 10.8. The predicted octanol–water partition coefficient (Wildman–Crippen LogP) is 3.35. The summed E-state index contributed by atoms with van der Waals surface area (Å²) in [5, 5.41) is 2.12. The number of nitrogens with zero attached hydrogens (tertiary/aromatic N) is 1. The summed E-state index contributed by atoms with van der Waals surface area (Å²) in [6.07, 6.45) is 2.77. The standard InChI is InChI=1S/C12H18BrNOS/c1-10(15)4-3-6-14(2)7-5-12-8-11(13)9-16-12/h8-9H,3-7H2,1-2H3. The molecule has 1 heterocycles. The van der Waals surface area contributed by atoms with E-state index < -0.39 is 0 Å². The zero-order chi connectivity index (χ0) is 12.0. The Morgan fingerprint density at radius 2 is 2.25 bits per heavy atom. The van der Waals surface area contributed by atoms with Gasteiger partial charge < -0.3 is 9.69 Å². The minimum atomic E-state index is 0.288. The van der Waals surface area contributed by atoms with Crippen molar-refractivity contribution >= 4 is 33.0 Å². The van der Waals surface area contributed by atoms with Gasteiger partial charge in [0.15, 0.2) is 0 Å². The van der Waals surface area contributed by atoms with Crippen LogP contribution in [-0.2, 0) is 11.2 Å². The maximum Gasteiger partial charge on any atom is 0.129 e. The number of carbonyl (C=O) groups is 1. The van der Waals surface area contributed by atoms with Crippen molar-refractivity contribution in [1.82, 2.24) is 4.90 Å². The molecule has 0 atom stereocenters. The second-order valence-corrected chi connectivity index (χ2v) is 6.00. The number of ketones is 1. The van der Waals surface area contributed by atoms with Crippen LogP contribution in [0.4, 0.5) is 0 Å². The topological polar surface area (TPSA) is 20.3 Å². The zero-order valence-electron chi connectivity index (χ0n) is 9.83. The number of likely N-dealkylation sites (N-methyl/N-ethyl adjacent to an activating group) is 1. The van der Waals surface area contributed by atoms with E-state index in [0.717, 1.165) is 25.9 Å². The minimum Gasteiger partial charge on any atom is -0.306 e. The molecule has 0 amide bonds. The molecule has 4 heteroatoms. The molecule has 2 nitrogen and oxygen atoms in total. The normalized spacial score (nSPS) is 11.0. The molecular formula is C12H18BrNOS. The van der Waals surface area contributed by atoms with E-state index in [1.54, 1.807) is 18.3 Å². The molecule has 0 fully saturated rings. The van der Waals surface area contributed by atoms with Crippen molar-refractivity contribution in [3.8, 4) is 0 Å². The highest BCUT2D eigenvalue weighted by Crippen LogP contribution is 2.20. The summed E-state index contributed by atoms with van der Waals surface area (Å²) in [5.74, 6) is 0.288. The molecule has 0 aromatic carbocycles. The van der Waals surface area contributed by atoms with Crippen molar-refractivity contribution in [3.63, 3.8) is 0 Å². The van der Waals surface area contributed by atoms with Crippen molar-refractivity contribution in [2.45, 2.75) is 26.2 Å². The van der Waals surface area contributed by atoms with Crippen LogP contribution in [0.25, 0.3) is 0 Å². The van der Waals surface area contributed by atoms with Crippen LogP contribution in [0.2, 0.25) is 0 Å². The van der Waals surface area contributed by atoms with Crippen LogP contribution in [0.15, 0.2) is 15.9 Å². The molecule has 0 saturated heterocycles. The van der Waals surface area contributed by atoms with Crippen LogP contribution in [0, 0.1) is 0 Å². The molecule has 0 aliphatic rings. The van der Waals surface area contributed by atoms with Crippen molar-refractivity contribution in [2.75, 3.05) is 20.1 Å². The molecule has 0 aliphatic carbocycles. The van der Waals surface area contributed by atoms with E-state index in [9.17, 15) is 4.79 Å². The van der Waals surface area contributed by atoms with Crippen LogP contribution in [0.3, 0.4) is 0 Å². The van der Waals surface area contributed by atoms with Gasteiger partial charge in [-0.25, -0.2) is 0 Å². The number of rotatable bonds is 7. The van der Waals surface area contributed by atoms with E-state index in [1.807, 2.05) is 0 Å². The first-order valence-electron chi connectivity index (χ1n) is 5.49. The van der Waals surface area contributed by atoms with Gasteiger partial charge in [0.2, 0.25) is 0 Å². The molecule has 0 unspecified atom stereocenters. The van der Waals surface area contributed by atoms with E-state index in [-0.39, 0.29) is 5.78 Å². The molecule has 16 heavy (non-hydrogen) atoms.